The molecule has 0 aliphatic rings. The summed E-state index contributed by atoms with van der Waals surface area (Å²) in [6.07, 6.45) is 6.64. The number of carbonyl (C=O) groups excluding carboxylic acids is 1. The third-order valence-corrected chi connectivity index (χ3v) is 1.88. The number of hydrogen-bond acceptors (Lipinski definition) is 2. The number of nitrogens with one attached hydrogen (secondary N) is 1. The first-order valence-corrected chi connectivity index (χ1v) is 4.69. The third-order valence-electron chi connectivity index (χ3n) is 1.88. The lowest BCUT2D eigenvalue weighted by molar-refractivity contribution is 0.104. The van der Waals surface area contributed by atoms with E-state index < -0.39 is 0 Å². The number of benzene rings is 1. The van der Waals surface area contributed by atoms with Gasteiger partial charge in [-0.05, 0) is 6.92 Å². The normalized spacial score (nSPS) is 10.5. The highest BCUT2D eigenvalue weighted by atomic mass is 16.1. The van der Waals surface area contributed by atoms with Crippen molar-refractivity contribution in [3.8, 4) is 12.3 Å². The highest BCUT2D eigenvalue weighted by Crippen LogP contribution is 2.02. The van der Waals surface area contributed by atoms with Gasteiger partial charge in [0.2, 0.25) is 0 Å². The van der Waals surface area contributed by atoms with Crippen LogP contribution in [0.5, 0.6) is 0 Å². The summed E-state index contributed by atoms with van der Waals surface area (Å²) in [6, 6.07) is 9.13. The van der Waals surface area contributed by atoms with E-state index in [1.807, 2.05) is 25.1 Å². The van der Waals surface area contributed by atoms with Gasteiger partial charge in [0.15, 0.2) is 5.78 Å². The van der Waals surface area contributed by atoms with Crippen LogP contribution in [0, 0.1) is 12.3 Å². The first-order valence-electron chi connectivity index (χ1n) is 4.69. The van der Waals surface area contributed by atoms with Crippen molar-refractivity contribution in [2.24, 2.45) is 0 Å². The summed E-state index contributed by atoms with van der Waals surface area (Å²) < 4.78 is 0. The molecule has 0 radical (unpaired) electrons. The number of allylic oxidation sites excluding steroid dienone is 2. The highest BCUT2D eigenvalue weighted by molar-refractivity contribution is 6.04. The molecule has 1 N–H and O–H groups in total. The van der Waals surface area contributed by atoms with Crippen LogP contribution in [0.25, 0.3) is 0 Å². The average molecular weight is 199 g/mol. The molecule has 2 heteroatoms. The monoisotopic (exact) mass is 199 g/mol. The Morgan fingerprint density at radius 1 is 1.47 bits per heavy atom. The van der Waals surface area contributed by atoms with Crippen LogP contribution in [-0.2, 0) is 0 Å². The van der Waals surface area contributed by atoms with Crippen LogP contribution >= 0.6 is 0 Å². The SMILES string of the molecule is C#CCN/C(C)=C\C(=O)c1ccccc1. The van der Waals surface area contributed by atoms with Crippen LogP contribution in [0.2, 0.25) is 0 Å². The highest BCUT2D eigenvalue weighted by Gasteiger charge is 2.00. The first-order chi connectivity index (χ1) is 7.24. The van der Waals surface area contributed by atoms with Crippen molar-refractivity contribution in [3.63, 3.8) is 0 Å². The van der Waals surface area contributed by atoms with E-state index in [2.05, 4.69) is 11.2 Å². The number of rotatable bonds is 4. The van der Waals surface area contributed by atoms with Crippen LogP contribution in [0.15, 0.2) is 42.1 Å². The van der Waals surface area contributed by atoms with Crippen LogP contribution in [0.3, 0.4) is 0 Å². The largest absolute Gasteiger partial charge is 0.378 e. The van der Waals surface area contributed by atoms with Gasteiger partial charge >= 0.3 is 0 Å². The Morgan fingerprint density at radius 2 is 2.13 bits per heavy atom. The van der Waals surface area contributed by atoms with E-state index in [9.17, 15) is 4.79 Å². The number of terminal acetylenes is 1. The Balaban J connectivity index is 2.67. The lowest BCUT2D eigenvalue weighted by atomic mass is 10.1. The summed E-state index contributed by atoms with van der Waals surface area (Å²) in [5.74, 6) is 2.43. The number of ketones is 1. The lowest BCUT2D eigenvalue weighted by Gasteiger charge is -2.01. The van der Waals surface area contributed by atoms with Gasteiger partial charge in [-0.3, -0.25) is 4.79 Å². The quantitative estimate of drug-likeness (QED) is 0.456. The van der Waals surface area contributed by atoms with Crippen molar-refractivity contribution in [2.45, 2.75) is 6.92 Å². The van der Waals surface area contributed by atoms with Gasteiger partial charge in [0.25, 0.3) is 0 Å². The number of hydrogen-bond donors (Lipinski definition) is 1. The predicted octanol–water partition coefficient (Wildman–Crippen LogP) is 2.00. The van der Waals surface area contributed by atoms with Gasteiger partial charge in [0.1, 0.15) is 0 Å². The molecule has 0 amide bonds. The molecule has 0 saturated carbocycles. The Morgan fingerprint density at radius 3 is 2.73 bits per heavy atom. The van der Waals surface area contributed by atoms with Crippen molar-refractivity contribution in [2.75, 3.05) is 6.54 Å². The fourth-order valence-electron chi connectivity index (χ4n) is 1.12. The van der Waals surface area contributed by atoms with Crippen molar-refractivity contribution in [1.29, 1.82) is 0 Å². The van der Waals surface area contributed by atoms with Gasteiger partial charge in [-0.15, -0.1) is 6.42 Å². The van der Waals surface area contributed by atoms with Crippen molar-refractivity contribution >= 4 is 5.78 Å². The Labute approximate surface area is 90.0 Å². The second-order valence-corrected chi connectivity index (χ2v) is 3.12. The first kappa shape index (κ1) is 11.1. The van der Waals surface area contributed by atoms with E-state index in [1.165, 1.54) is 0 Å². The third kappa shape index (κ3) is 3.70. The summed E-state index contributed by atoms with van der Waals surface area (Å²) in [5, 5.41) is 2.94. The second kappa shape index (κ2) is 5.66. The predicted molar refractivity (Wildman–Crippen MR) is 61.4 cm³/mol. The molecule has 0 aliphatic heterocycles. The Bertz CT molecular complexity index is 398. The summed E-state index contributed by atoms with van der Waals surface area (Å²) in [6.45, 7) is 2.25. The van der Waals surface area contributed by atoms with Crippen LogP contribution in [-0.4, -0.2) is 12.3 Å². The van der Waals surface area contributed by atoms with Crippen molar-refractivity contribution in [3.05, 3.63) is 47.7 Å². The summed E-state index contributed by atoms with van der Waals surface area (Å²) >= 11 is 0. The molecule has 0 saturated heterocycles. The molecule has 1 rings (SSSR count). The van der Waals surface area contributed by atoms with Crippen LogP contribution in [0.4, 0.5) is 0 Å². The van der Waals surface area contributed by atoms with Gasteiger partial charge in [0.05, 0.1) is 6.54 Å². The fourth-order valence-corrected chi connectivity index (χ4v) is 1.12. The average Bonchev–Trinajstić information content (AvgIpc) is 2.27. The van der Waals surface area contributed by atoms with Gasteiger partial charge in [-0.1, -0.05) is 36.3 Å². The minimum atomic E-state index is -0.0161. The molecule has 0 fully saturated rings. The molecule has 76 valence electrons. The molecule has 0 bridgehead atoms. The molecule has 15 heavy (non-hydrogen) atoms. The maximum atomic E-state index is 11.7. The van der Waals surface area contributed by atoms with Crippen LogP contribution in [0.1, 0.15) is 17.3 Å². The lowest BCUT2D eigenvalue weighted by Crippen LogP contribution is -2.12. The summed E-state index contributed by atoms with van der Waals surface area (Å²) in [4.78, 5) is 11.7. The van der Waals surface area contributed by atoms with Gasteiger partial charge in [0, 0.05) is 17.3 Å². The molecule has 0 aliphatic carbocycles. The standard InChI is InChI=1S/C13H13NO/c1-3-9-14-11(2)10-13(15)12-7-5-4-6-8-12/h1,4-8,10,14H,9H2,2H3/b11-10-. The summed E-state index contributed by atoms with van der Waals surface area (Å²) in [7, 11) is 0. The zero-order valence-electron chi connectivity index (χ0n) is 8.66. The van der Waals surface area contributed by atoms with Gasteiger partial charge in [-0.2, -0.15) is 0 Å². The number of carbonyl (C=O) groups is 1. The van der Waals surface area contributed by atoms with Crippen LogP contribution < -0.4 is 5.32 Å². The van der Waals surface area contributed by atoms with E-state index in [4.69, 9.17) is 6.42 Å². The van der Waals surface area contributed by atoms with E-state index in [0.29, 0.717) is 12.1 Å². The molecule has 0 atom stereocenters. The van der Waals surface area contributed by atoms with E-state index in [0.717, 1.165) is 5.70 Å². The molecule has 0 spiro atoms. The van der Waals surface area contributed by atoms with Gasteiger partial charge < -0.3 is 5.32 Å². The van der Waals surface area contributed by atoms with Crippen molar-refractivity contribution in [1.82, 2.24) is 5.32 Å². The summed E-state index contributed by atoms with van der Waals surface area (Å²) in [5.41, 5.74) is 1.46. The molecule has 0 aromatic heterocycles. The molecule has 0 unspecified atom stereocenters. The smallest absolute Gasteiger partial charge is 0.187 e. The topological polar surface area (TPSA) is 29.1 Å². The zero-order chi connectivity index (χ0) is 11.1. The van der Waals surface area contributed by atoms with Crippen molar-refractivity contribution < 1.29 is 4.79 Å². The minimum absolute atomic E-state index is 0.0161. The molecular formula is C13H13NO. The minimum Gasteiger partial charge on any atom is -0.378 e. The second-order valence-electron chi connectivity index (χ2n) is 3.12. The van der Waals surface area contributed by atoms with E-state index in [-0.39, 0.29) is 5.78 Å². The molecule has 0 heterocycles. The fraction of sp³-hybridized carbons (Fsp3) is 0.154. The molecule has 2 nitrogen and oxygen atoms in total. The zero-order valence-corrected chi connectivity index (χ0v) is 8.66. The molecule has 1 aromatic rings. The Hall–Kier alpha value is -2.01. The maximum absolute atomic E-state index is 11.7. The van der Waals surface area contributed by atoms with Gasteiger partial charge in [-0.25, -0.2) is 0 Å². The Kier molecular flexibility index (Phi) is 4.18. The molecule has 1 aromatic carbocycles. The molecular weight excluding hydrogens is 186 g/mol. The maximum Gasteiger partial charge on any atom is 0.187 e. The van der Waals surface area contributed by atoms with E-state index in [1.54, 1.807) is 18.2 Å². The van der Waals surface area contributed by atoms with E-state index >= 15 is 0 Å².